The smallest absolute Gasteiger partial charge is 0.279 e. The second-order valence-electron chi connectivity index (χ2n) is 5.67. The molecule has 2 aromatic carbocycles. The maximum atomic E-state index is 12.2. The van der Waals surface area contributed by atoms with Crippen LogP contribution in [0.1, 0.15) is 5.56 Å². The van der Waals surface area contributed by atoms with Gasteiger partial charge in [0.25, 0.3) is 5.91 Å². The van der Waals surface area contributed by atoms with Crippen molar-refractivity contribution in [3.05, 3.63) is 52.0 Å². The molecule has 0 spiro atoms. The minimum Gasteiger partial charge on any atom is -0.497 e. The molecular formula is C18H21Cl2N2O3+. The molecule has 0 aromatic heterocycles. The van der Waals surface area contributed by atoms with Crippen molar-refractivity contribution in [2.75, 3.05) is 33.1 Å². The van der Waals surface area contributed by atoms with E-state index < -0.39 is 0 Å². The van der Waals surface area contributed by atoms with Gasteiger partial charge in [-0.15, -0.1) is 0 Å². The number of likely N-dealkylation sites (N-methyl/N-ethyl adjacent to an activating group) is 1. The van der Waals surface area contributed by atoms with Gasteiger partial charge in [0.1, 0.15) is 18.0 Å². The van der Waals surface area contributed by atoms with Crippen molar-refractivity contribution in [1.82, 2.24) is 0 Å². The van der Waals surface area contributed by atoms with Gasteiger partial charge in [0, 0.05) is 5.69 Å². The fourth-order valence-corrected chi connectivity index (χ4v) is 2.76. The predicted octanol–water partition coefficient (Wildman–Crippen LogP) is 2.66. The molecule has 2 N–H and O–H groups in total. The van der Waals surface area contributed by atoms with Crippen LogP contribution in [0.3, 0.4) is 0 Å². The van der Waals surface area contributed by atoms with Crippen molar-refractivity contribution in [3.8, 4) is 11.5 Å². The van der Waals surface area contributed by atoms with E-state index in [0.29, 0.717) is 28.8 Å². The molecule has 0 aliphatic rings. The Morgan fingerprint density at radius 3 is 2.48 bits per heavy atom. The summed E-state index contributed by atoms with van der Waals surface area (Å²) in [4.78, 5) is 13.2. The topological polar surface area (TPSA) is 52.0 Å². The van der Waals surface area contributed by atoms with Crippen LogP contribution in [0.15, 0.2) is 36.4 Å². The lowest BCUT2D eigenvalue weighted by molar-refractivity contribution is -0.885. The third-order valence-corrected chi connectivity index (χ3v) is 4.38. The number of anilines is 1. The van der Waals surface area contributed by atoms with E-state index in [2.05, 4.69) is 5.32 Å². The van der Waals surface area contributed by atoms with Crippen molar-refractivity contribution in [2.45, 2.75) is 6.54 Å². The van der Waals surface area contributed by atoms with Crippen molar-refractivity contribution in [1.29, 1.82) is 0 Å². The third kappa shape index (κ3) is 5.53. The molecule has 1 unspecified atom stereocenters. The average molecular weight is 384 g/mol. The summed E-state index contributed by atoms with van der Waals surface area (Å²) in [5, 5.41) is 3.67. The van der Waals surface area contributed by atoms with Crippen molar-refractivity contribution in [2.24, 2.45) is 0 Å². The van der Waals surface area contributed by atoms with Crippen molar-refractivity contribution < 1.29 is 19.2 Å². The lowest BCUT2D eigenvalue weighted by atomic mass is 10.1. The summed E-state index contributed by atoms with van der Waals surface area (Å²) < 4.78 is 10.6. The van der Waals surface area contributed by atoms with Crippen LogP contribution < -0.4 is 19.7 Å². The maximum Gasteiger partial charge on any atom is 0.279 e. The lowest BCUT2D eigenvalue weighted by Gasteiger charge is -2.16. The van der Waals surface area contributed by atoms with Gasteiger partial charge in [-0.1, -0.05) is 23.2 Å². The second-order valence-corrected chi connectivity index (χ2v) is 6.48. The van der Waals surface area contributed by atoms with Crippen LogP contribution in [0.5, 0.6) is 11.5 Å². The van der Waals surface area contributed by atoms with Crippen LogP contribution in [-0.2, 0) is 11.3 Å². The molecule has 0 bridgehead atoms. The van der Waals surface area contributed by atoms with Crippen LogP contribution >= 0.6 is 23.2 Å². The standard InChI is InChI=1S/C18H20Cl2N2O3/c1-22(10-12-8-14(24-2)5-7-17(12)25-3)11-18(23)21-13-4-6-15(19)16(20)9-13/h4-9H,10-11H2,1-3H3,(H,21,23)/p+1. The van der Waals surface area contributed by atoms with Gasteiger partial charge >= 0.3 is 0 Å². The van der Waals surface area contributed by atoms with Gasteiger partial charge in [-0.2, -0.15) is 0 Å². The molecule has 1 atom stereocenters. The Morgan fingerprint density at radius 2 is 1.84 bits per heavy atom. The van der Waals surface area contributed by atoms with Gasteiger partial charge in [-0.25, -0.2) is 0 Å². The number of nitrogens with one attached hydrogen (secondary N) is 2. The highest BCUT2D eigenvalue weighted by Crippen LogP contribution is 2.25. The van der Waals surface area contributed by atoms with Gasteiger partial charge in [0.05, 0.1) is 36.9 Å². The SMILES string of the molecule is COc1ccc(OC)c(C[NH+](C)CC(=O)Nc2ccc(Cl)c(Cl)c2)c1. The van der Waals surface area contributed by atoms with E-state index >= 15 is 0 Å². The molecule has 134 valence electrons. The number of amides is 1. The Labute approximate surface area is 157 Å². The summed E-state index contributed by atoms with van der Waals surface area (Å²) >= 11 is 11.8. The number of carbonyl (C=O) groups is 1. The van der Waals surface area contributed by atoms with E-state index in [1.165, 1.54) is 0 Å². The third-order valence-electron chi connectivity index (χ3n) is 3.65. The summed E-state index contributed by atoms with van der Waals surface area (Å²) in [6, 6.07) is 10.6. The predicted molar refractivity (Wildman–Crippen MR) is 100 cm³/mol. The van der Waals surface area contributed by atoms with Crippen molar-refractivity contribution in [3.63, 3.8) is 0 Å². The number of benzene rings is 2. The maximum absolute atomic E-state index is 12.2. The largest absolute Gasteiger partial charge is 0.497 e. The number of ether oxygens (including phenoxy) is 2. The van der Waals surface area contributed by atoms with Crippen LogP contribution in [-0.4, -0.2) is 33.7 Å². The minimum atomic E-state index is -0.113. The molecule has 0 saturated carbocycles. The highest BCUT2D eigenvalue weighted by molar-refractivity contribution is 6.42. The number of halogens is 2. The summed E-state index contributed by atoms with van der Waals surface area (Å²) in [6.45, 7) is 0.912. The number of carbonyl (C=O) groups excluding carboxylic acids is 1. The number of quaternary nitrogens is 1. The molecule has 0 fully saturated rings. The Hall–Kier alpha value is -1.95. The molecule has 0 saturated heterocycles. The fourth-order valence-electron chi connectivity index (χ4n) is 2.46. The highest BCUT2D eigenvalue weighted by Gasteiger charge is 2.15. The number of methoxy groups -OCH3 is 2. The molecule has 0 heterocycles. The molecule has 25 heavy (non-hydrogen) atoms. The Morgan fingerprint density at radius 1 is 1.08 bits per heavy atom. The Bertz CT molecular complexity index is 753. The molecule has 7 heteroatoms. The van der Waals surface area contributed by atoms with Gasteiger partial charge in [0.15, 0.2) is 6.54 Å². The summed E-state index contributed by atoms with van der Waals surface area (Å²) in [7, 11) is 5.18. The van der Waals surface area contributed by atoms with E-state index in [9.17, 15) is 4.79 Å². The molecule has 0 radical (unpaired) electrons. The van der Waals surface area contributed by atoms with Gasteiger partial charge in [-0.3, -0.25) is 4.79 Å². The first-order chi connectivity index (χ1) is 11.9. The van der Waals surface area contributed by atoms with Gasteiger partial charge in [0.2, 0.25) is 0 Å². The minimum absolute atomic E-state index is 0.113. The zero-order chi connectivity index (χ0) is 18.4. The molecular weight excluding hydrogens is 363 g/mol. The Kier molecular flexibility index (Phi) is 6.93. The van der Waals surface area contributed by atoms with E-state index in [1.54, 1.807) is 32.4 Å². The molecule has 0 aliphatic heterocycles. The number of rotatable bonds is 7. The monoisotopic (exact) mass is 383 g/mol. The molecule has 2 aromatic rings. The average Bonchev–Trinajstić information content (AvgIpc) is 2.57. The molecule has 5 nitrogen and oxygen atoms in total. The van der Waals surface area contributed by atoms with Crippen molar-refractivity contribution >= 4 is 34.8 Å². The van der Waals surface area contributed by atoms with E-state index in [-0.39, 0.29) is 5.91 Å². The lowest BCUT2D eigenvalue weighted by Crippen LogP contribution is -3.08. The van der Waals surface area contributed by atoms with E-state index in [4.69, 9.17) is 32.7 Å². The van der Waals surface area contributed by atoms with E-state index in [0.717, 1.165) is 22.0 Å². The number of hydrogen-bond acceptors (Lipinski definition) is 3. The molecule has 0 aliphatic carbocycles. The zero-order valence-corrected chi connectivity index (χ0v) is 15.9. The molecule has 2 rings (SSSR count). The van der Waals surface area contributed by atoms with Crippen LogP contribution in [0.2, 0.25) is 10.0 Å². The second kappa shape index (κ2) is 8.94. The summed E-state index contributed by atoms with van der Waals surface area (Å²) in [6.07, 6.45) is 0. The van der Waals surface area contributed by atoms with Gasteiger partial charge < -0.3 is 19.7 Å². The normalized spacial score (nSPS) is 11.7. The van der Waals surface area contributed by atoms with Gasteiger partial charge in [-0.05, 0) is 36.4 Å². The number of hydrogen-bond donors (Lipinski definition) is 2. The summed E-state index contributed by atoms with van der Waals surface area (Å²) in [5.41, 5.74) is 1.59. The van der Waals surface area contributed by atoms with Crippen LogP contribution in [0.25, 0.3) is 0 Å². The fraction of sp³-hybridized carbons (Fsp3) is 0.278. The quantitative estimate of drug-likeness (QED) is 0.772. The van der Waals surface area contributed by atoms with Crippen LogP contribution in [0.4, 0.5) is 5.69 Å². The van der Waals surface area contributed by atoms with Crippen LogP contribution in [0, 0.1) is 0 Å². The zero-order valence-electron chi connectivity index (χ0n) is 14.4. The highest BCUT2D eigenvalue weighted by atomic mass is 35.5. The Balaban J connectivity index is 1.98. The first kappa shape index (κ1) is 19.4. The van der Waals surface area contributed by atoms with E-state index in [1.807, 2.05) is 25.2 Å². The first-order valence-electron chi connectivity index (χ1n) is 7.70. The molecule has 1 amide bonds. The first-order valence-corrected chi connectivity index (χ1v) is 8.45. The summed E-state index contributed by atoms with van der Waals surface area (Å²) in [5.74, 6) is 1.41.